The molecule has 0 atom stereocenters. The molecular formula is C22H24N2O3. The van der Waals surface area contributed by atoms with Gasteiger partial charge in [-0.25, -0.2) is 4.79 Å². The number of para-hydroxylation sites is 1. The van der Waals surface area contributed by atoms with Crippen molar-refractivity contribution >= 4 is 17.7 Å². The van der Waals surface area contributed by atoms with Gasteiger partial charge in [-0.05, 0) is 30.0 Å². The first-order valence-corrected chi connectivity index (χ1v) is 9.42. The smallest absolute Gasteiger partial charge is 0.410 e. The summed E-state index contributed by atoms with van der Waals surface area (Å²) >= 11 is 0. The molecule has 1 spiro atoms. The van der Waals surface area contributed by atoms with Crippen LogP contribution in [0.5, 0.6) is 0 Å². The molecule has 2 aliphatic rings. The van der Waals surface area contributed by atoms with E-state index in [1.54, 1.807) is 11.8 Å². The summed E-state index contributed by atoms with van der Waals surface area (Å²) in [6.07, 6.45) is 1.42. The van der Waals surface area contributed by atoms with Gasteiger partial charge in [0.1, 0.15) is 6.61 Å². The Balaban J connectivity index is 1.41. The third kappa shape index (κ3) is 3.29. The maximum absolute atomic E-state index is 12.4. The van der Waals surface area contributed by atoms with Crippen LogP contribution in [0.15, 0.2) is 54.6 Å². The highest BCUT2D eigenvalue weighted by Crippen LogP contribution is 2.46. The molecule has 0 aromatic heterocycles. The Hall–Kier alpha value is -2.82. The van der Waals surface area contributed by atoms with Gasteiger partial charge in [0.2, 0.25) is 5.91 Å². The van der Waals surface area contributed by atoms with Gasteiger partial charge in [-0.2, -0.15) is 0 Å². The molecule has 2 heterocycles. The van der Waals surface area contributed by atoms with E-state index in [1.807, 2.05) is 53.4 Å². The van der Waals surface area contributed by atoms with Gasteiger partial charge in [0.25, 0.3) is 0 Å². The largest absolute Gasteiger partial charge is 0.445 e. The summed E-state index contributed by atoms with van der Waals surface area (Å²) in [4.78, 5) is 28.2. The molecule has 2 aliphatic heterocycles. The predicted molar refractivity (Wildman–Crippen MR) is 104 cm³/mol. The van der Waals surface area contributed by atoms with Crippen molar-refractivity contribution in [1.29, 1.82) is 0 Å². The van der Waals surface area contributed by atoms with E-state index in [4.69, 9.17) is 4.74 Å². The second-order valence-corrected chi connectivity index (χ2v) is 7.43. The van der Waals surface area contributed by atoms with Crippen LogP contribution in [0.2, 0.25) is 0 Å². The molecule has 0 saturated carbocycles. The molecule has 0 radical (unpaired) electrons. The van der Waals surface area contributed by atoms with Crippen molar-refractivity contribution in [3.05, 3.63) is 65.7 Å². The summed E-state index contributed by atoms with van der Waals surface area (Å²) in [5, 5.41) is 0. The third-order valence-electron chi connectivity index (χ3n) is 5.79. The number of piperidine rings is 1. The number of hydrogen-bond donors (Lipinski definition) is 0. The van der Waals surface area contributed by atoms with E-state index in [0.29, 0.717) is 26.2 Å². The summed E-state index contributed by atoms with van der Waals surface area (Å²) in [7, 11) is 0. The summed E-state index contributed by atoms with van der Waals surface area (Å²) in [5.41, 5.74) is 3.18. The molecule has 0 N–H and O–H groups in total. The molecule has 5 heteroatoms. The van der Waals surface area contributed by atoms with Crippen LogP contribution in [-0.4, -0.2) is 36.5 Å². The second-order valence-electron chi connectivity index (χ2n) is 7.43. The van der Waals surface area contributed by atoms with Crippen molar-refractivity contribution < 1.29 is 14.3 Å². The lowest BCUT2D eigenvalue weighted by Crippen LogP contribution is -2.47. The lowest BCUT2D eigenvalue weighted by atomic mass is 9.74. The van der Waals surface area contributed by atoms with Crippen molar-refractivity contribution in [2.45, 2.75) is 31.8 Å². The van der Waals surface area contributed by atoms with Crippen LogP contribution >= 0.6 is 0 Å². The number of rotatable bonds is 2. The van der Waals surface area contributed by atoms with E-state index in [-0.39, 0.29) is 17.4 Å². The number of carbonyl (C=O) groups excluding carboxylic acids is 2. The van der Waals surface area contributed by atoms with Gasteiger partial charge in [-0.15, -0.1) is 0 Å². The lowest BCUT2D eigenvalue weighted by Gasteiger charge is -2.39. The fraction of sp³-hybridized carbons (Fsp3) is 0.364. The monoisotopic (exact) mass is 364 g/mol. The van der Waals surface area contributed by atoms with Crippen molar-refractivity contribution in [1.82, 2.24) is 4.90 Å². The Morgan fingerprint density at radius 2 is 1.67 bits per heavy atom. The Kier molecular flexibility index (Phi) is 4.60. The summed E-state index contributed by atoms with van der Waals surface area (Å²) in [6.45, 7) is 3.91. The maximum Gasteiger partial charge on any atom is 0.410 e. The number of fused-ring (bicyclic) bond motifs is 2. The minimum absolute atomic E-state index is 0.0571. The summed E-state index contributed by atoms with van der Waals surface area (Å²) in [6, 6.07) is 17.9. The number of carbonyl (C=O) groups is 2. The first-order valence-electron chi connectivity index (χ1n) is 9.42. The molecule has 1 fully saturated rings. The number of amides is 2. The maximum atomic E-state index is 12.4. The predicted octanol–water partition coefficient (Wildman–Crippen LogP) is 3.72. The number of ether oxygens (including phenoxy) is 1. The molecule has 2 amide bonds. The summed E-state index contributed by atoms with van der Waals surface area (Å²) in [5.74, 6) is 0.0732. The molecule has 2 aromatic rings. The average molecular weight is 364 g/mol. The van der Waals surface area contributed by atoms with Gasteiger partial charge in [0.15, 0.2) is 0 Å². The molecule has 0 bridgehead atoms. The quantitative estimate of drug-likeness (QED) is 0.816. The van der Waals surface area contributed by atoms with E-state index in [2.05, 4.69) is 6.07 Å². The SMILES string of the molecule is CC(=O)N1CC2(CCN(C(=O)OCc3ccccc3)CC2)c2ccccc21. The molecule has 140 valence electrons. The van der Waals surface area contributed by atoms with Crippen LogP contribution in [0.3, 0.4) is 0 Å². The highest BCUT2D eigenvalue weighted by molar-refractivity contribution is 5.94. The van der Waals surface area contributed by atoms with Gasteiger partial charge < -0.3 is 14.5 Å². The van der Waals surface area contributed by atoms with E-state index in [9.17, 15) is 9.59 Å². The Morgan fingerprint density at radius 1 is 1.00 bits per heavy atom. The fourth-order valence-corrected chi connectivity index (χ4v) is 4.27. The van der Waals surface area contributed by atoms with E-state index < -0.39 is 0 Å². The number of likely N-dealkylation sites (tertiary alicyclic amines) is 1. The first kappa shape index (κ1) is 17.6. The normalized spacial score (nSPS) is 17.7. The second kappa shape index (κ2) is 7.06. The van der Waals surface area contributed by atoms with E-state index in [1.165, 1.54) is 5.56 Å². The Labute approximate surface area is 159 Å². The zero-order chi connectivity index (χ0) is 18.9. The molecule has 27 heavy (non-hydrogen) atoms. The van der Waals surface area contributed by atoms with Crippen LogP contribution in [0, 0.1) is 0 Å². The average Bonchev–Trinajstić information content (AvgIpc) is 3.02. The Morgan fingerprint density at radius 3 is 2.37 bits per heavy atom. The van der Waals surface area contributed by atoms with Crippen molar-refractivity contribution in [3.63, 3.8) is 0 Å². The number of anilines is 1. The molecule has 5 nitrogen and oxygen atoms in total. The first-order chi connectivity index (χ1) is 13.1. The van der Waals surface area contributed by atoms with E-state index >= 15 is 0 Å². The topological polar surface area (TPSA) is 49.9 Å². The molecular weight excluding hydrogens is 340 g/mol. The van der Waals surface area contributed by atoms with Crippen LogP contribution in [0.25, 0.3) is 0 Å². The number of nitrogens with zero attached hydrogens (tertiary/aromatic N) is 2. The molecule has 0 aliphatic carbocycles. The van der Waals surface area contributed by atoms with Gasteiger partial charge in [-0.3, -0.25) is 4.79 Å². The van der Waals surface area contributed by atoms with Crippen molar-refractivity contribution in [2.75, 3.05) is 24.5 Å². The van der Waals surface area contributed by atoms with Crippen LogP contribution in [0.1, 0.15) is 30.9 Å². The fourth-order valence-electron chi connectivity index (χ4n) is 4.27. The zero-order valence-corrected chi connectivity index (χ0v) is 15.6. The lowest BCUT2D eigenvalue weighted by molar-refractivity contribution is -0.116. The third-order valence-corrected chi connectivity index (χ3v) is 5.79. The summed E-state index contributed by atoms with van der Waals surface area (Å²) < 4.78 is 5.47. The number of hydrogen-bond acceptors (Lipinski definition) is 3. The zero-order valence-electron chi connectivity index (χ0n) is 15.6. The van der Waals surface area contributed by atoms with E-state index in [0.717, 1.165) is 24.1 Å². The minimum Gasteiger partial charge on any atom is -0.445 e. The molecule has 4 rings (SSSR count). The molecule has 1 saturated heterocycles. The molecule has 2 aromatic carbocycles. The van der Waals surface area contributed by atoms with Gasteiger partial charge in [0, 0.05) is 37.7 Å². The highest BCUT2D eigenvalue weighted by atomic mass is 16.6. The van der Waals surface area contributed by atoms with Crippen LogP contribution < -0.4 is 4.90 Å². The van der Waals surface area contributed by atoms with Crippen LogP contribution in [0.4, 0.5) is 10.5 Å². The minimum atomic E-state index is -0.261. The van der Waals surface area contributed by atoms with Crippen molar-refractivity contribution in [2.24, 2.45) is 0 Å². The van der Waals surface area contributed by atoms with Gasteiger partial charge in [-0.1, -0.05) is 48.5 Å². The van der Waals surface area contributed by atoms with Gasteiger partial charge in [0.05, 0.1) is 0 Å². The Bertz CT molecular complexity index is 842. The van der Waals surface area contributed by atoms with Gasteiger partial charge >= 0.3 is 6.09 Å². The molecule has 0 unspecified atom stereocenters. The highest BCUT2D eigenvalue weighted by Gasteiger charge is 2.46. The standard InChI is InChI=1S/C22H24N2O3/c1-17(25)24-16-22(19-9-5-6-10-20(19)24)11-13-23(14-12-22)21(26)27-15-18-7-3-2-4-8-18/h2-10H,11-16H2,1H3. The van der Waals surface area contributed by atoms with Crippen LogP contribution in [-0.2, 0) is 21.6 Å². The number of benzene rings is 2. The van der Waals surface area contributed by atoms with Crippen molar-refractivity contribution in [3.8, 4) is 0 Å².